The van der Waals surface area contributed by atoms with Gasteiger partial charge in [-0.05, 0) is 51.0 Å². The number of hydrogen-bond donors (Lipinski definition) is 1. The first-order valence-electron chi connectivity index (χ1n) is 12.6. The molecule has 2 fully saturated rings. The van der Waals surface area contributed by atoms with E-state index in [1.54, 1.807) is 12.3 Å². The second kappa shape index (κ2) is 11.3. The van der Waals surface area contributed by atoms with E-state index >= 15 is 0 Å². The van der Waals surface area contributed by atoms with Crippen molar-refractivity contribution in [2.24, 2.45) is 0 Å². The van der Waals surface area contributed by atoms with Crippen LogP contribution in [0.2, 0.25) is 5.02 Å². The Hall–Kier alpha value is -3.21. The first-order valence-corrected chi connectivity index (χ1v) is 13.0. The summed E-state index contributed by atoms with van der Waals surface area (Å²) in [6, 6.07) is 7.96. The van der Waals surface area contributed by atoms with Crippen molar-refractivity contribution < 1.29 is 28.1 Å². The zero-order valence-corrected chi connectivity index (χ0v) is 22.1. The second-order valence-corrected chi connectivity index (χ2v) is 10.5. The Bertz CT molecular complexity index is 1320. The maximum atomic E-state index is 13.5. The van der Waals surface area contributed by atoms with Crippen LogP contribution >= 0.6 is 11.6 Å². The third-order valence-electron chi connectivity index (χ3n) is 6.28. The molecule has 11 heteroatoms. The number of benzene rings is 2. The first-order chi connectivity index (χ1) is 18.2. The van der Waals surface area contributed by atoms with Gasteiger partial charge in [-0.1, -0.05) is 11.6 Å². The van der Waals surface area contributed by atoms with E-state index in [0.29, 0.717) is 55.0 Å². The Kier molecular flexibility index (Phi) is 7.83. The molecular formula is C27H30ClFN4O5. The van der Waals surface area contributed by atoms with E-state index in [-0.39, 0.29) is 23.6 Å². The number of rotatable bonds is 9. The minimum atomic E-state index is -0.532. The SMILES string of the molecule is CC1(C)CN(CCOc2cc3cnc(Nc4ccc(F)c(Cl)c4)nc3cc2OC[C@@H]2CCCO2)CC(=O)O1. The van der Waals surface area contributed by atoms with Crippen LogP contribution in [0.4, 0.5) is 16.0 Å². The maximum Gasteiger partial charge on any atom is 0.320 e. The third kappa shape index (κ3) is 6.61. The molecule has 1 aromatic heterocycles. The number of carbonyl (C=O) groups is 1. The number of fused-ring (bicyclic) bond motifs is 1. The molecule has 202 valence electrons. The van der Waals surface area contributed by atoms with Crippen LogP contribution in [0.25, 0.3) is 10.9 Å². The minimum Gasteiger partial charge on any atom is -0.488 e. The Labute approximate surface area is 225 Å². The number of carbonyl (C=O) groups excluding carboxylic acids is 1. The highest BCUT2D eigenvalue weighted by molar-refractivity contribution is 6.31. The number of cyclic esters (lactones) is 1. The number of anilines is 2. The Balaban J connectivity index is 1.33. The van der Waals surface area contributed by atoms with Gasteiger partial charge in [-0.15, -0.1) is 0 Å². The summed E-state index contributed by atoms with van der Waals surface area (Å²) in [5, 5.41) is 3.81. The molecule has 3 heterocycles. The van der Waals surface area contributed by atoms with E-state index < -0.39 is 11.4 Å². The van der Waals surface area contributed by atoms with Gasteiger partial charge in [0, 0.05) is 43.0 Å². The summed E-state index contributed by atoms with van der Waals surface area (Å²) in [7, 11) is 0. The van der Waals surface area contributed by atoms with E-state index in [1.165, 1.54) is 12.1 Å². The summed E-state index contributed by atoms with van der Waals surface area (Å²) in [4.78, 5) is 22.9. The van der Waals surface area contributed by atoms with E-state index in [0.717, 1.165) is 24.8 Å². The molecule has 2 saturated heterocycles. The molecule has 9 nitrogen and oxygen atoms in total. The molecule has 2 aliphatic rings. The molecule has 0 spiro atoms. The van der Waals surface area contributed by atoms with Gasteiger partial charge < -0.3 is 24.3 Å². The average molecular weight is 545 g/mol. The lowest BCUT2D eigenvalue weighted by molar-refractivity contribution is -0.169. The van der Waals surface area contributed by atoms with Crippen molar-refractivity contribution in [3.63, 3.8) is 0 Å². The van der Waals surface area contributed by atoms with Crippen molar-refractivity contribution in [2.75, 3.05) is 44.8 Å². The van der Waals surface area contributed by atoms with Crippen molar-refractivity contribution in [3.8, 4) is 11.5 Å². The number of aromatic nitrogens is 2. The van der Waals surface area contributed by atoms with E-state index in [4.69, 9.17) is 30.5 Å². The predicted molar refractivity (Wildman–Crippen MR) is 141 cm³/mol. The number of ether oxygens (including phenoxy) is 4. The zero-order valence-electron chi connectivity index (χ0n) is 21.3. The Morgan fingerprint density at radius 1 is 1.24 bits per heavy atom. The molecular weight excluding hydrogens is 515 g/mol. The fraction of sp³-hybridized carbons (Fsp3) is 0.444. The summed E-state index contributed by atoms with van der Waals surface area (Å²) < 4.78 is 36.9. The van der Waals surface area contributed by atoms with Crippen LogP contribution < -0.4 is 14.8 Å². The maximum absolute atomic E-state index is 13.5. The standard InChI is InChI=1S/C27H30ClFN4O5/c1-27(2)16-33(14-25(34)38-27)7-9-36-23-10-17-13-30-26(31-18-5-6-21(29)20(28)11-18)32-22(17)12-24(23)37-15-19-4-3-8-35-19/h5-6,10-13,19H,3-4,7-9,14-16H2,1-2H3,(H,30,31,32)/t19-/m0/s1. The number of hydrogen-bond acceptors (Lipinski definition) is 9. The molecule has 3 aromatic rings. The molecule has 0 aliphatic carbocycles. The van der Waals surface area contributed by atoms with E-state index in [9.17, 15) is 9.18 Å². The molecule has 0 radical (unpaired) electrons. The first kappa shape index (κ1) is 26.4. The summed E-state index contributed by atoms with van der Waals surface area (Å²) in [6.07, 6.45) is 3.67. The summed E-state index contributed by atoms with van der Waals surface area (Å²) in [6.45, 7) is 6.70. The van der Waals surface area contributed by atoms with E-state index in [2.05, 4.69) is 15.3 Å². The lowest BCUT2D eigenvalue weighted by atomic mass is 10.1. The highest BCUT2D eigenvalue weighted by Gasteiger charge is 2.32. The van der Waals surface area contributed by atoms with Crippen LogP contribution in [0, 0.1) is 5.82 Å². The smallest absolute Gasteiger partial charge is 0.320 e. The minimum absolute atomic E-state index is 0.00686. The number of nitrogens with zero attached hydrogens (tertiary/aromatic N) is 3. The molecule has 0 amide bonds. The fourth-order valence-electron chi connectivity index (χ4n) is 4.58. The van der Waals surface area contributed by atoms with Crippen LogP contribution in [0.3, 0.4) is 0 Å². The van der Waals surface area contributed by atoms with Crippen molar-refractivity contribution in [1.29, 1.82) is 0 Å². The number of morpholine rings is 1. The van der Waals surface area contributed by atoms with Crippen LogP contribution in [-0.2, 0) is 14.3 Å². The van der Waals surface area contributed by atoms with Crippen molar-refractivity contribution in [3.05, 3.63) is 47.4 Å². The normalized spacial score (nSPS) is 19.4. The molecule has 1 atom stereocenters. The van der Waals surface area contributed by atoms with Crippen LogP contribution in [0.15, 0.2) is 36.5 Å². The molecule has 0 unspecified atom stereocenters. The lowest BCUT2D eigenvalue weighted by Crippen LogP contribution is -2.51. The number of halogens is 2. The van der Waals surface area contributed by atoms with Crippen molar-refractivity contribution in [2.45, 2.75) is 38.4 Å². The lowest BCUT2D eigenvalue weighted by Gasteiger charge is -2.37. The largest absolute Gasteiger partial charge is 0.488 e. The van der Waals surface area contributed by atoms with Gasteiger partial charge in [-0.2, -0.15) is 0 Å². The van der Waals surface area contributed by atoms with Crippen molar-refractivity contribution in [1.82, 2.24) is 14.9 Å². The predicted octanol–water partition coefficient (Wildman–Crippen LogP) is 4.74. The van der Waals surface area contributed by atoms with Gasteiger partial charge in [-0.25, -0.2) is 14.4 Å². The van der Waals surface area contributed by atoms with Crippen LogP contribution in [0.5, 0.6) is 11.5 Å². The highest BCUT2D eigenvalue weighted by Crippen LogP contribution is 2.33. The number of nitrogens with one attached hydrogen (secondary N) is 1. The Morgan fingerprint density at radius 2 is 2.08 bits per heavy atom. The molecule has 38 heavy (non-hydrogen) atoms. The van der Waals surface area contributed by atoms with Gasteiger partial charge >= 0.3 is 5.97 Å². The van der Waals surface area contributed by atoms with Crippen LogP contribution in [-0.4, -0.2) is 72.0 Å². The fourth-order valence-corrected chi connectivity index (χ4v) is 4.76. The zero-order chi connectivity index (χ0) is 26.7. The van der Waals surface area contributed by atoms with Gasteiger partial charge in [0.05, 0.1) is 23.2 Å². The summed E-state index contributed by atoms with van der Waals surface area (Å²) in [5.74, 6) is 0.696. The monoisotopic (exact) mass is 544 g/mol. The van der Waals surface area contributed by atoms with E-state index in [1.807, 2.05) is 30.9 Å². The number of esters is 1. The van der Waals surface area contributed by atoms with Gasteiger partial charge in [0.1, 0.15) is 24.6 Å². The Morgan fingerprint density at radius 3 is 2.84 bits per heavy atom. The molecule has 0 saturated carbocycles. The van der Waals surface area contributed by atoms with Gasteiger partial charge in [0.2, 0.25) is 5.95 Å². The van der Waals surface area contributed by atoms with Crippen molar-refractivity contribution >= 4 is 40.1 Å². The highest BCUT2D eigenvalue weighted by atomic mass is 35.5. The average Bonchev–Trinajstić information content (AvgIpc) is 3.37. The van der Waals surface area contributed by atoms with Gasteiger partial charge in [0.25, 0.3) is 0 Å². The summed E-state index contributed by atoms with van der Waals surface area (Å²) in [5.41, 5.74) is 0.678. The molecule has 1 N–H and O–H groups in total. The quantitative estimate of drug-likeness (QED) is 0.383. The molecule has 2 aliphatic heterocycles. The molecule has 5 rings (SSSR count). The van der Waals surface area contributed by atoms with Crippen LogP contribution in [0.1, 0.15) is 26.7 Å². The second-order valence-electron chi connectivity index (χ2n) is 10.0. The topological polar surface area (TPSA) is 95.0 Å². The molecule has 0 bridgehead atoms. The van der Waals surface area contributed by atoms with Gasteiger partial charge in [-0.3, -0.25) is 9.69 Å². The molecule has 2 aromatic carbocycles. The third-order valence-corrected chi connectivity index (χ3v) is 6.57. The van der Waals surface area contributed by atoms with Gasteiger partial charge in [0.15, 0.2) is 11.5 Å². The summed E-state index contributed by atoms with van der Waals surface area (Å²) >= 11 is 5.89.